The topological polar surface area (TPSA) is 93.1 Å². The lowest BCUT2D eigenvalue weighted by atomic mass is 9.46. The maximum atomic E-state index is 12.8. The Morgan fingerprint density at radius 2 is 1.70 bits per heavy atom. The number of allylic oxidation sites excluding steroid dienone is 1. The molecule has 202 valence electrons. The third-order valence-electron chi connectivity index (χ3n) is 11.1. The van der Waals surface area contributed by atoms with Crippen molar-refractivity contribution in [1.82, 2.24) is 0 Å². The van der Waals surface area contributed by atoms with E-state index in [2.05, 4.69) is 19.9 Å². The predicted octanol–water partition coefficient (Wildman–Crippen LogP) is 5.76. The molecule has 8 atom stereocenters. The van der Waals surface area contributed by atoms with Gasteiger partial charge in [-0.3, -0.25) is 4.79 Å². The van der Waals surface area contributed by atoms with E-state index >= 15 is 0 Å². The Balaban J connectivity index is 1.39. The number of Topliss-reactive ketones (excluding diaryl/α,β-unsaturated/α-hetero) is 1. The highest BCUT2D eigenvalue weighted by Gasteiger charge is 2.66. The van der Waals surface area contributed by atoms with E-state index in [0.717, 1.165) is 44.1 Å². The lowest BCUT2D eigenvalue weighted by Gasteiger charge is -2.59. The van der Waals surface area contributed by atoms with Gasteiger partial charge in [0.25, 0.3) is 0 Å². The SMILES string of the molecule is CO[C@]1(C(C)=O)CC[C@H]2[C@@H]3CC=C4CC(O)(OC(C(=O)O)c5ccc(C)cc5)CC[C@]4(C)[C@H]3CC[C@@]21C. The van der Waals surface area contributed by atoms with Gasteiger partial charge in [0.2, 0.25) is 0 Å². The quantitative estimate of drug-likeness (QED) is 0.373. The zero-order valence-electron chi connectivity index (χ0n) is 22.9. The number of methoxy groups -OCH3 is 1. The van der Waals surface area contributed by atoms with Crippen molar-refractivity contribution in [3.8, 4) is 0 Å². The van der Waals surface area contributed by atoms with Gasteiger partial charge in [0.05, 0.1) is 0 Å². The second kappa shape index (κ2) is 9.03. The second-order valence-electron chi connectivity index (χ2n) is 12.7. The smallest absolute Gasteiger partial charge is 0.337 e. The van der Waals surface area contributed by atoms with E-state index in [9.17, 15) is 19.8 Å². The molecule has 4 aliphatic carbocycles. The van der Waals surface area contributed by atoms with Crippen LogP contribution in [0.3, 0.4) is 0 Å². The molecular weight excluding hydrogens is 468 g/mol. The Kier molecular flexibility index (Phi) is 6.49. The van der Waals surface area contributed by atoms with E-state index < -0.39 is 23.5 Å². The van der Waals surface area contributed by atoms with Crippen molar-refractivity contribution in [2.45, 2.75) is 96.6 Å². The number of aryl methyl sites for hydroxylation is 1. The zero-order chi connectivity index (χ0) is 26.8. The molecule has 0 saturated heterocycles. The van der Waals surface area contributed by atoms with E-state index in [1.54, 1.807) is 26.2 Å². The fraction of sp³-hybridized carbons (Fsp3) is 0.677. The number of carboxylic acid groups (broad SMARTS) is 1. The van der Waals surface area contributed by atoms with Gasteiger partial charge in [-0.15, -0.1) is 0 Å². The number of aliphatic carboxylic acids is 1. The van der Waals surface area contributed by atoms with Crippen LogP contribution in [0.1, 0.15) is 89.4 Å². The number of rotatable bonds is 6. The molecule has 0 aliphatic heterocycles. The van der Waals surface area contributed by atoms with Crippen molar-refractivity contribution in [2.75, 3.05) is 7.11 Å². The summed E-state index contributed by atoms with van der Waals surface area (Å²) in [5.41, 5.74) is 1.88. The van der Waals surface area contributed by atoms with Crippen LogP contribution in [-0.4, -0.2) is 40.5 Å². The van der Waals surface area contributed by atoms with Crippen molar-refractivity contribution in [2.24, 2.45) is 28.6 Å². The van der Waals surface area contributed by atoms with Crippen molar-refractivity contribution < 1.29 is 29.3 Å². The Labute approximate surface area is 220 Å². The normalized spacial score (nSPS) is 41.7. The number of benzene rings is 1. The number of carbonyl (C=O) groups excluding carboxylic acids is 1. The minimum atomic E-state index is -1.51. The average molecular weight is 511 g/mol. The number of hydrogen-bond donors (Lipinski definition) is 2. The molecule has 0 spiro atoms. The van der Waals surface area contributed by atoms with Gasteiger partial charge >= 0.3 is 5.97 Å². The molecule has 0 bridgehead atoms. The Morgan fingerprint density at radius 1 is 1.03 bits per heavy atom. The van der Waals surface area contributed by atoms with Crippen LogP contribution in [0.25, 0.3) is 0 Å². The molecule has 3 saturated carbocycles. The monoisotopic (exact) mass is 510 g/mol. The predicted molar refractivity (Wildman–Crippen MR) is 140 cm³/mol. The summed E-state index contributed by atoms with van der Waals surface area (Å²) in [6.45, 7) is 8.24. The van der Waals surface area contributed by atoms with Gasteiger partial charge in [-0.2, -0.15) is 0 Å². The first-order valence-electron chi connectivity index (χ1n) is 13.8. The molecule has 3 fully saturated rings. The molecule has 0 aromatic heterocycles. The van der Waals surface area contributed by atoms with E-state index in [-0.39, 0.29) is 16.6 Å². The van der Waals surface area contributed by atoms with E-state index in [4.69, 9.17) is 9.47 Å². The number of ether oxygens (including phenoxy) is 2. The molecule has 2 unspecified atom stereocenters. The first kappa shape index (κ1) is 26.6. The van der Waals surface area contributed by atoms with Crippen LogP contribution in [0.15, 0.2) is 35.9 Å². The fourth-order valence-corrected chi connectivity index (χ4v) is 9.00. The van der Waals surface area contributed by atoms with Gasteiger partial charge in [0.1, 0.15) is 5.60 Å². The maximum Gasteiger partial charge on any atom is 0.337 e. The highest BCUT2D eigenvalue weighted by molar-refractivity contribution is 5.86. The zero-order valence-corrected chi connectivity index (χ0v) is 22.9. The number of hydrogen-bond acceptors (Lipinski definition) is 5. The van der Waals surface area contributed by atoms with Crippen LogP contribution in [0.5, 0.6) is 0 Å². The van der Waals surface area contributed by atoms with Gasteiger partial charge in [0.15, 0.2) is 17.7 Å². The number of ketones is 1. The summed E-state index contributed by atoms with van der Waals surface area (Å²) >= 11 is 0. The number of carboxylic acids is 1. The highest BCUT2D eigenvalue weighted by atomic mass is 16.6. The minimum Gasteiger partial charge on any atom is -0.479 e. The number of aliphatic hydroxyl groups is 1. The van der Waals surface area contributed by atoms with Crippen LogP contribution in [-0.2, 0) is 19.1 Å². The Hall–Kier alpha value is -2.02. The lowest BCUT2D eigenvalue weighted by molar-refractivity contribution is -0.252. The van der Waals surface area contributed by atoms with Crippen LogP contribution in [0.4, 0.5) is 0 Å². The van der Waals surface area contributed by atoms with Gasteiger partial charge in [-0.1, -0.05) is 55.3 Å². The summed E-state index contributed by atoms with van der Waals surface area (Å²) in [5, 5.41) is 21.4. The van der Waals surface area contributed by atoms with E-state index in [1.165, 1.54) is 5.57 Å². The van der Waals surface area contributed by atoms with Crippen LogP contribution in [0, 0.1) is 35.5 Å². The summed E-state index contributed by atoms with van der Waals surface area (Å²) in [5.74, 6) is -1.07. The summed E-state index contributed by atoms with van der Waals surface area (Å²) in [6, 6.07) is 7.25. The Morgan fingerprint density at radius 3 is 2.32 bits per heavy atom. The molecule has 4 aliphatic rings. The summed E-state index contributed by atoms with van der Waals surface area (Å²) in [7, 11) is 1.70. The standard InChI is InChI=1S/C31H42O6/c1-19-6-8-21(9-7-19)26(27(33)34)37-30(35)17-16-28(3)22(18-30)10-11-23-24(28)12-14-29(4)25(23)13-15-31(29,36-5)20(2)32/h6-10,23-26,35H,11-18H2,1-5H3,(H,33,34)/t23-,24+,25+,26?,28+,29+,30?,31+/m1/s1. The molecule has 1 aromatic carbocycles. The fourth-order valence-electron chi connectivity index (χ4n) is 9.00. The first-order chi connectivity index (χ1) is 17.4. The van der Waals surface area contributed by atoms with Crippen LogP contribution in [0.2, 0.25) is 0 Å². The van der Waals surface area contributed by atoms with Crippen molar-refractivity contribution in [1.29, 1.82) is 0 Å². The molecular formula is C31H42O6. The van der Waals surface area contributed by atoms with Gasteiger partial charge < -0.3 is 19.7 Å². The molecule has 5 rings (SSSR count). The summed E-state index contributed by atoms with van der Waals surface area (Å²) in [6.07, 6.45) is 7.28. The molecule has 6 nitrogen and oxygen atoms in total. The molecule has 0 radical (unpaired) electrons. The molecule has 6 heteroatoms. The van der Waals surface area contributed by atoms with Crippen molar-refractivity contribution in [3.05, 3.63) is 47.0 Å². The van der Waals surface area contributed by atoms with Crippen LogP contribution < -0.4 is 0 Å². The molecule has 1 aromatic rings. The molecule has 0 heterocycles. The van der Waals surface area contributed by atoms with Crippen molar-refractivity contribution in [3.63, 3.8) is 0 Å². The van der Waals surface area contributed by atoms with Crippen molar-refractivity contribution >= 4 is 11.8 Å². The number of carbonyl (C=O) groups is 2. The van der Waals surface area contributed by atoms with Crippen LogP contribution >= 0.6 is 0 Å². The molecule has 37 heavy (non-hydrogen) atoms. The second-order valence-corrected chi connectivity index (χ2v) is 12.7. The van der Waals surface area contributed by atoms with E-state index in [0.29, 0.717) is 36.2 Å². The lowest BCUT2D eigenvalue weighted by Crippen LogP contribution is -2.58. The Bertz CT molecular complexity index is 1110. The highest BCUT2D eigenvalue weighted by Crippen LogP contribution is 2.68. The third-order valence-corrected chi connectivity index (χ3v) is 11.1. The number of fused-ring (bicyclic) bond motifs is 5. The summed E-state index contributed by atoms with van der Waals surface area (Å²) < 4.78 is 12.0. The van der Waals surface area contributed by atoms with Gasteiger partial charge in [0, 0.05) is 25.4 Å². The van der Waals surface area contributed by atoms with E-state index in [1.807, 2.05) is 19.1 Å². The maximum absolute atomic E-state index is 12.8. The average Bonchev–Trinajstić information content (AvgIpc) is 3.17. The van der Waals surface area contributed by atoms with Gasteiger partial charge in [-0.25, -0.2) is 4.79 Å². The van der Waals surface area contributed by atoms with Gasteiger partial charge in [-0.05, 0) is 81.1 Å². The summed E-state index contributed by atoms with van der Waals surface area (Å²) in [4.78, 5) is 24.9. The largest absolute Gasteiger partial charge is 0.479 e. The third kappa shape index (κ3) is 3.93. The minimum absolute atomic E-state index is 0.0586. The molecule has 2 N–H and O–H groups in total. The molecule has 0 amide bonds. The first-order valence-corrected chi connectivity index (χ1v) is 13.8.